The van der Waals surface area contributed by atoms with E-state index in [1.54, 1.807) is 30.3 Å². The Morgan fingerprint density at radius 1 is 1.06 bits per heavy atom. The molecular formula is C23H21N5O4S. The third-order valence-corrected chi connectivity index (χ3v) is 7.34. The summed E-state index contributed by atoms with van der Waals surface area (Å²) in [5.74, 6) is 0.735. The molecule has 9 nitrogen and oxygen atoms in total. The summed E-state index contributed by atoms with van der Waals surface area (Å²) in [6.45, 7) is 0.641. The Kier molecular flexibility index (Phi) is 5.21. The fourth-order valence-corrected chi connectivity index (χ4v) is 5.30. The molecule has 168 valence electrons. The average molecular weight is 464 g/mol. The number of hydrogen-bond donors (Lipinski definition) is 0. The van der Waals surface area contributed by atoms with Crippen LogP contribution in [0.3, 0.4) is 0 Å². The number of methoxy groups -OCH3 is 1. The third-order valence-electron chi connectivity index (χ3n) is 5.59. The minimum absolute atomic E-state index is 0.00211. The Bertz CT molecular complexity index is 1420. The number of ether oxygens (including phenoxy) is 1. The maximum Gasteiger partial charge on any atom is 0.266 e. The molecule has 33 heavy (non-hydrogen) atoms. The van der Waals surface area contributed by atoms with Gasteiger partial charge in [0.15, 0.2) is 0 Å². The van der Waals surface area contributed by atoms with Gasteiger partial charge in [0.25, 0.3) is 10.0 Å². The van der Waals surface area contributed by atoms with Crippen molar-refractivity contribution in [3.8, 4) is 5.75 Å². The highest BCUT2D eigenvalue weighted by atomic mass is 32.2. The van der Waals surface area contributed by atoms with E-state index in [4.69, 9.17) is 4.74 Å². The number of anilines is 2. The van der Waals surface area contributed by atoms with Gasteiger partial charge in [-0.05, 0) is 48.5 Å². The van der Waals surface area contributed by atoms with Crippen LogP contribution in [0, 0.1) is 0 Å². The second kappa shape index (κ2) is 8.21. The van der Waals surface area contributed by atoms with Crippen LogP contribution in [-0.4, -0.2) is 49.1 Å². The third kappa shape index (κ3) is 3.68. The summed E-state index contributed by atoms with van der Waals surface area (Å²) < 4.78 is 35.2. The Morgan fingerprint density at radius 3 is 2.58 bits per heavy atom. The highest BCUT2D eigenvalue weighted by Gasteiger charge is 2.33. The van der Waals surface area contributed by atoms with Gasteiger partial charge < -0.3 is 9.30 Å². The number of nitrogens with zero attached hydrogens (tertiary/aromatic N) is 5. The molecule has 0 aliphatic carbocycles. The Hall–Kier alpha value is -3.92. The van der Waals surface area contributed by atoms with Gasteiger partial charge in [-0.25, -0.2) is 13.4 Å². The van der Waals surface area contributed by atoms with Gasteiger partial charge in [-0.15, -0.1) is 0 Å². The minimum atomic E-state index is -4.04. The number of sulfonamides is 1. The molecule has 0 N–H and O–H groups in total. The molecule has 3 heterocycles. The van der Waals surface area contributed by atoms with Gasteiger partial charge in [0.05, 0.1) is 23.8 Å². The number of rotatable bonds is 6. The van der Waals surface area contributed by atoms with Crippen molar-refractivity contribution in [3.05, 3.63) is 73.1 Å². The van der Waals surface area contributed by atoms with Crippen LogP contribution in [-0.2, 0) is 21.4 Å². The second-order valence-electron chi connectivity index (χ2n) is 7.50. The van der Waals surface area contributed by atoms with E-state index in [9.17, 15) is 13.2 Å². The lowest BCUT2D eigenvalue weighted by Gasteiger charge is -2.26. The van der Waals surface area contributed by atoms with E-state index in [0.29, 0.717) is 30.5 Å². The number of carbonyl (C=O) groups is 1. The van der Waals surface area contributed by atoms with Crippen molar-refractivity contribution in [1.82, 2.24) is 14.5 Å². The summed E-state index contributed by atoms with van der Waals surface area (Å²) in [4.78, 5) is 23.5. The number of para-hydroxylation sites is 2. The molecule has 2 aromatic heterocycles. The largest absolute Gasteiger partial charge is 0.497 e. The summed E-state index contributed by atoms with van der Waals surface area (Å²) in [6, 6.07) is 17.2. The highest BCUT2D eigenvalue weighted by Crippen LogP contribution is 2.29. The number of pyridine rings is 1. The van der Waals surface area contributed by atoms with E-state index in [1.165, 1.54) is 30.5 Å². The summed E-state index contributed by atoms with van der Waals surface area (Å²) >= 11 is 0. The second-order valence-corrected chi connectivity index (χ2v) is 9.36. The van der Waals surface area contributed by atoms with E-state index < -0.39 is 10.0 Å². The predicted octanol–water partition coefficient (Wildman–Crippen LogP) is 2.68. The molecule has 5 rings (SSSR count). The molecule has 1 amide bonds. The van der Waals surface area contributed by atoms with Gasteiger partial charge in [0.2, 0.25) is 11.9 Å². The molecule has 4 aromatic rings. The van der Waals surface area contributed by atoms with Crippen molar-refractivity contribution >= 4 is 38.6 Å². The molecule has 0 atom stereocenters. The zero-order valence-electron chi connectivity index (χ0n) is 17.8. The van der Waals surface area contributed by atoms with E-state index in [0.717, 1.165) is 15.3 Å². The van der Waals surface area contributed by atoms with Crippen LogP contribution in [0.15, 0.2) is 78.0 Å². The predicted molar refractivity (Wildman–Crippen MR) is 124 cm³/mol. The lowest BCUT2D eigenvalue weighted by atomic mass is 10.3. The van der Waals surface area contributed by atoms with Crippen molar-refractivity contribution < 1.29 is 17.9 Å². The van der Waals surface area contributed by atoms with Crippen LogP contribution in [0.25, 0.3) is 11.0 Å². The zero-order chi connectivity index (χ0) is 23.0. The van der Waals surface area contributed by atoms with Crippen LogP contribution in [0.2, 0.25) is 0 Å². The Morgan fingerprint density at radius 2 is 1.85 bits per heavy atom. The normalized spacial score (nSPS) is 13.2. The molecule has 0 unspecified atom stereocenters. The number of carbonyl (C=O) groups excluding carboxylic acids is 1. The van der Waals surface area contributed by atoms with Crippen molar-refractivity contribution in [3.63, 3.8) is 0 Å². The van der Waals surface area contributed by atoms with E-state index >= 15 is 0 Å². The molecule has 0 spiro atoms. The fraction of sp³-hybridized carbons (Fsp3) is 0.174. The van der Waals surface area contributed by atoms with Crippen LogP contribution in [0.4, 0.5) is 11.6 Å². The lowest BCUT2D eigenvalue weighted by Crippen LogP contribution is -2.42. The number of hydrogen-bond acceptors (Lipinski definition) is 6. The van der Waals surface area contributed by atoms with E-state index in [-0.39, 0.29) is 17.3 Å². The molecule has 2 aromatic carbocycles. The molecule has 0 saturated heterocycles. The quantitative estimate of drug-likeness (QED) is 0.436. The molecule has 0 bridgehead atoms. The molecule has 0 fully saturated rings. The zero-order valence-corrected chi connectivity index (χ0v) is 18.6. The number of imidazole rings is 1. The number of amides is 1. The summed E-state index contributed by atoms with van der Waals surface area (Å²) in [5, 5.41) is 0. The van der Waals surface area contributed by atoms with Crippen LogP contribution >= 0.6 is 0 Å². The summed E-state index contributed by atoms with van der Waals surface area (Å²) in [5.41, 5.74) is 2.08. The van der Waals surface area contributed by atoms with Crippen molar-refractivity contribution in [2.75, 3.05) is 29.4 Å². The van der Waals surface area contributed by atoms with Crippen molar-refractivity contribution in [2.45, 2.75) is 11.4 Å². The van der Waals surface area contributed by atoms with Gasteiger partial charge in [-0.2, -0.15) is 0 Å². The summed E-state index contributed by atoms with van der Waals surface area (Å²) in [7, 11) is -2.52. The van der Waals surface area contributed by atoms with E-state index in [2.05, 4.69) is 9.97 Å². The van der Waals surface area contributed by atoms with Crippen molar-refractivity contribution in [1.29, 1.82) is 0 Å². The van der Waals surface area contributed by atoms with Crippen LogP contribution in [0.5, 0.6) is 5.75 Å². The van der Waals surface area contributed by atoms with Gasteiger partial charge >= 0.3 is 0 Å². The maximum absolute atomic E-state index is 13.5. The average Bonchev–Trinajstić information content (AvgIpc) is 3.42. The van der Waals surface area contributed by atoms with Crippen molar-refractivity contribution in [2.24, 2.45) is 0 Å². The number of fused-ring (bicyclic) bond motifs is 3. The maximum atomic E-state index is 13.5. The standard InChI is InChI=1S/C23H21N5O4S/c1-32-18-10-8-17(9-11-18)28(33(30,31)19-5-4-12-24-15-19)16-22(29)27-14-13-26-21-7-3-2-6-20(21)25-23(26)27/h2-12,15H,13-14,16H2,1H3. The molecule has 10 heteroatoms. The SMILES string of the molecule is COc1ccc(N(CC(=O)N2CCn3c2nc2ccccc23)S(=O)(=O)c2cccnc2)cc1. The Balaban J connectivity index is 1.51. The van der Waals surface area contributed by atoms with Gasteiger partial charge in [0.1, 0.15) is 17.2 Å². The highest BCUT2D eigenvalue weighted by molar-refractivity contribution is 7.92. The number of benzene rings is 2. The molecular weight excluding hydrogens is 442 g/mol. The molecule has 0 radical (unpaired) electrons. The van der Waals surface area contributed by atoms with Gasteiger partial charge in [-0.1, -0.05) is 12.1 Å². The molecule has 0 saturated carbocycles. The van der Waals surface area contributed by atoms with E-state index in [1.807, 2.05) is 28.8 Å². The lowest BCUT2D eigenvalue weighted by molar-refractivity contribution is -0.117. The fourth-order valence-electron chi connectivity index (χ4n) is 3.92. The van der Waals surface area contributed by atoms with Crippen LogP contribution in [0.1, 0.15) is 0 Å². The Labute approximate surface area is 190 Å². The number of aromatic nitrogens is 3. The molecule has 1 aliphatic rings. The first-order valence-corrected chi connectivity index (χ1v) is 11.8. The topological polar surface area (TPSA) is 97.6 Å². The minimum Gasteiger partial charge on any atom is -0.497 e. The first-order chi connectivity index (χ1) is 16.0. The van der Waals surface area contributed by atoms with Gasteiger partial charge in [-0.3, -0.25) is 19.0 Å². The van der Waals surface area contributed by atoms with Crippen LogP contribution < -0.4 is 13.9 Å². The monoisotopic (exact) mass is 463 g/mol. The first kappa shape index (κ1) is 21.0. The first-order valence-electron chi connectivity index (χ1n) is 10.3. The summed E-state index contributed by atoms with van der Waals surface area (Å²) in [6.07, 6.45) is 2.77. The smallest absolute Gasteiger partial charge is 0.266 e. The van der Waals surface area contributed by atoms with Gasteiger partial charge in [0, 0.05) is 25.5 Å². The molecule has 1 aliphatic heterocycles.